The van der Waals surface area contributed by atoms with Crippen molar-refractivity contribution in [1.29, 1.82) is 0 Å². The number of unbranched alkanes of at least 4 members (excludes halogenated alkanes) is 3. The van der Waals surface area contributed by atoms with Crippen LogP contribution in [-0.4, -0.2) is 25.9 Å². The van der Waals surface area contributed by atoms with E-state index in [9.17, 15) is 13.2 Å². The second kappa shape index (κ2) is 14.0. The zero-order valence-corrected chi connectivity index (χ0v) is 15.6. The maximum absolute atomic E-state index is 10.2. The summed E-state index contributed by atoms with van der Waals surface area (Å²) >= 11 is -0.967. The standard InChI is InChI=1S/3C4H9.C2H2F3.Sn.H/c3*1-3-4-2;1-2(3,4)5;;/h3*1,3-4H2,2H3;1H2;;. The molecular formula is C14H30F3Sn. The number of rotatable bonds is 9. The van der Waals surface area contributed by atoms with E-state index >= 15 is 0 Å². The summed E-state index contributed by atoms with van der Waals surface area (Å²) in [6.45, 7) is 8.78. The molecule has 0 amide bonds. The van der Waals surface area contributed by atoms with E-state index in [1.54, 1.807) is 20.2 Å². The Balaban J connectivity index is 0. The minimum Gasteiger partial charge on any atom is -0.171 e. The van der Waals surface area contributed by atoms with Gasteiger partial charge in [0, 0.05) is 0 Å². The second-order valence-electron chi connectivity index (χ2n) is 4.91. The number of alkyl halides is 3. The van der Waals surface area contributed by atoms with Crippen LogP contribution in [0, 0.1) is 6.92 Å². The van der Waals surface area contributed by atoms with Crippen molar-refractivity contribution in [3.8, 4) is 0 Å². The van der Waals surface area contributed by atoms with Gasteiger partial charge in [0.15, 0.2) is 0 Å². The summed E-state index contributed by atoms with van der Waals surface area (Å²) in [6, 6.07) is 0. The third-order valence-electron chi connectivity index (χ3n) is 2.90. The Morgan fingerprint density at radius 3 is 1.17 bits per heavy atom. The molecule has 0 aliphatic rings. The Labute approximate surface area is 118 Å². The first-order valence-electron chi connectivity index (χ1n) is 7.27. The normalized spacial score (nSPS) is 11.3. The molecule has 0 aliphatic heterocycles. The minimum atomic E-state index is -4.25. The van der Waals surface area contributed by atoms with Crippen molar-refractivity contribution < 1.29 is 13.2 Å². The molecule has 0 bridgehead atoms. The molecule has 0 spiro atoms. The molecule has 0 aliphatic carbocycles. The fraction of sp³-hybridized carbons (Fsp3) is 0.929. The summed E-state index contributed by atoms with van der Waals surface area (Å²) in [6.07, 6.45) is 4.62. The van der Waals surface area contributed by atoms with Crippen LogP contribution in [0.25, 0.3) is 0 Å². The molecule has 0 heterocycles. The van der Waals surface area contributed by atoms with E-state index in [1.807, 2.05) is 0 Å². The van der Waals surface area contributed by atoms with E-state index in [0.717, 1.165) is 0 Å². The Hall–Kier alpha value is 0.589. The van der Waals surface area contributed by atoms with Crippen LogP contribution in [0.2, 0.25) is 13.3 Å². The fourth-order valence-electron chi connectivity index (χ4n) is 1.91. The van der Waals surface area contributed by atoms with E-state index in [1.165, 1.54) is 38.5 Å². The van der Waals surface area contributed by atoms with E-state index in [4.69, 9.17) is 0 Å². The zero-order chi connectivity index (χ0) is 14.4. The summed E-state index contributed by atoms with van der Waals surface area (Å²) in [7, 11) is 0. The molecule has 1 radical (unpaired) electrons. The molecule has 0 rings (SSSR count). The first kappa shape index (κ1) is 20.9. The minimum absolute atomic E-state index is 0.967. The van der Waals surface area contributed by atoms with Gasteiger partial charge in [0.05, 0.1) is 6.92 Å². The predicted molar refractivity (Wildman–Crippen MR) is 77.7 cm³/mol. The Bertz CT molecular complexity index is 133. The Morgan fingerprint density at radius 2 is 1.00 bits per heavy atom. The van der Waals surface area contributed by atoms with Crippen LogP contribution >= 0.6 is 0 Å². The third-order valence-corrected chi connectivity index (χ3v) is 13.4. The van der Waals surface area contributed by atoms with Crippen LogP contribution in [0.1, 0.15) is 59.3 Å². The van der Waals surface area contributed by atoms with Gasteiger partial charge >= 0.3 is 98.5 Å². The molecule has 0 saturated carbocycles. The molecule has 0 fully saturated rings. The van der Waals surface area contributed by atoms with Gasteiger partial charge in [0.25, 0.3) is 0 Å². The average molecular weight is 374 g/mol. The van der Waals surface area contributed by atoms with Gasteiger partial charge in [-0.3, -0.25) is 0 Å². The van der Waals surface area contributed by atoms with Crippen molar-refractivity contribution in [3.63, 3.8) is 0 Å². The molecule has 111 valence electrons. The quantitative estimate of drug-likeness (QED) is 0.435. The van der Waals surface area contributed by atoms with Crippen molar-refractivity contribution >= 4 is 19.8 Å². The van der Waals surface area contributed by atoms with Gasteiger partial charge in [0.1, 0.15) is 0 Å². The van der Waals surface area contributed by atoms with Gasteiger partial charge in [-0.2, -0.15) is 13.2 Å². The number of hydrogen-bond acceptors (Lipinski definition) is 0. The largest absolute Gasteiger partial charge is 0.389 e. The van der Waals surface area contributed by atoms with Crippen LogP contribution in [-0.2, 0) is 0 Å². The molecule has 0 N–H and O–H groups in total. The van der Waals surface area contributed by atoms with Crippen LogP contribution in [0.5, 0.6) is 0 Å². The van der Waals surface area contributed by atoms with Crippen LogP contribution < -0.4 is 0 Å². The van der Waals surface area contributed by atoms with Gasteiger partial charge in [-0.15, -0.1) is 0 Å². The van der Waals surface area contributed by atoms with Gasteiger partial charge in [-0.05, 0) is 0 Å². The van der Waals surface area contributed by atoms with Gasteiger partial charge in [-0.1, -0.05) is 0 Å². The van der Waals surface area contributed by atoms with E-state index in [-0.39, 0.29) is 0 Å². The number of halogens is 3. The first-order chi connectivity index (χ1) is 8.35. The molecule has 4 heteroatoms. The first-order valence-corrected chi connectivity index (χ1v) is 14.3. The molecule has 0 saturated heterocycles. The van der Waals surface area contributed by atoms with Crippen LogP contribution in [0.3, 0.4) is 0 Å². The van der Waals surface area contributed by atoms with Crippen molar-refractivity contribution in [2.45, 2.75) is 78.8 Å². The summed E-state index contributed by atoms with van der Waals surface area (Å²) in [5, 5.41) is 0. The van der Waals surface area contributed by atoms with E-state index < -0.39 is 25.9 Å². The van der Waals surface area contributed by atoms with Crippen LogP contribution in [0.4, 0.5) is 13.2 Å². The molecule has 0 atom stereocenters. The van der Waals surface area contributed by atoms with Crippen molar-refractivity contribution in [2.24, 2.45) is 0 Å². The maximum Gasteiger partial charge on any atom is 0.389 e. The molecule has 0 unspecified atom stereocenters. The molecule has 0 aromatic rings. The summed E-state index contributed by atoms with van der Waals surface area (Å²) in [5.41, 5.74) is 0. The van der Waals surface area contributed by atoms with Crippen molar-refractivity contribution in [2.75, 3.05) is 0 Å². The van der Waals surface area contributed by atoms with Gasteiger partial charge in [0.2, 0.25) is 0 Å². The Kier molecular flexibility index (Phi) is 16.3. The fourth-order valence-corrected chi connectivity index (χ4v) is 12.8. The van der Waals surface area contributed by atoms with E-state index in [2.05, 4.69) is 20.8 Å². The summed E-state index contributed by atoms with van der Waals surface area (Å²) < 4.78 is 35.8. The molecule has 0 aromatic carbocycles. The molecule has 0 aromatic heterocycles. The topological polar surface area (TPSA) is 0 Å². The Morgan fingerprint density at radius 1 is 0.778 bits per heavy atom. The number of hydrogen-bond donors (Lipinski definition) is 0. The smallest absolute Gasteiger partial charge is 0.171 e. The predicted octanol–water partition coefficient (Wildman–Crippen LogP) is 6.00. The molecule has 0 nitrogen and oxygen atoms in total. The summed E-state index contributed by atoms with van der Waals surface area (Å²) in [5.74, 6) is 0. The molecule has 18 heavy (non-hydrogen) atoms. The second-order valence-corrected chi connectivity index (χ2v) is 14.8. The average Bonchev–Trinajstić information content (AvgIpc) is 2.26. The van der Waals surface area contributed by atoms with Crippen molar-refractivity contribution in [1.82, 2.24) is 0 Å². The maximum atomic E-state index is 10.2. The SMILES string of the molecule is CCC[CH2][SnH]([CH2]CCC)[CH2]CCC.[CH2]C(F)(F)F. The van der Waals surface area contributed by atoms with Gasteiger partial charge in [-0.25, -0.2) is 0 Å². The molecular weight excluding hydrogens is 344 g/mol. The van der Waals surface area contributed by atoms with Gasteiger partial charge < -0.3 is 0 Å². The zero-order valence-electron chi connectivity index (χ0n) is 12.3. The van der Waals surface area contributed by atoms with Crippen LogP contribution in [0.15, 0.2) is 0 Å². The summed E-state index contributed by atoms with van der Waals surface area (Å²) in [4.78, 5) is 0. The third kappa shape index (κ3) is 25.4. The van der Waals surface area contributed by atoms with Crippen molar-refractivity contribution in [3.05, 3.63) is 6.92 Å². The van der Waals surface area contributed by atoms with E-state index in [0.29, 0.717) is 0 Å². The monoisotopic (exact) mass is 375 g/mol.